The van der Waals surface area contributed by atoms with Gasteiger partial charge in [0.15, 0.2) is 15.0 Å². The van der Waals surface area contributed by atoms with Crippen molar-refractivity contribution in [2.75, 3.05) is 23.5 Å². The van der Waals surface area contributed by atoms with Crippen LogP contribution in [0.5, 0.6) is 0 Å². The summed E-state index contributed by atoms with van der Waals surface area (Å²) in [6.07, 6.45) is 2.44. The average Bonchev–Trinajstić information content (AvgIpc) is 2.83. The van der Waals surface area contributed by atoms with E-state index in [4.69, 9.17) is 5.73 Å². The molecule has 0 aliphatic carbocycles. The highest BCUT2D eigenvalue weighted by atomic mass is 32.2. The second kappa shape index (κ2) is 4.31. The van der Waals surface area contributed by atoms with Crippen LogP contribution in [0.2, 0.25) is 0 Å². The lowest BCUT2D eigenvalue weighted by Gasteiger charge is -2.22. The fraction of sp³-hybridized carbons (Fsp3) is 0.667. The smallest absolute Gasteiger partial charge is 0.185 e. The number of aromatic nitrogens is 1. The van der Waals surface area contributed by atoms with Crippen molar-refractivity contribution >= 4 is 26.3 Å². The van der Waals surface area contributed by atoms with Gasteiger partial charge in [0.05, 0.1) is 11.5 Å². The van der Waals surface area contributed by atoms with Crippen molar-refractivity contribution in [3.63, 3.8) is 0 Å². The molecule has 2 N–H and O–H groups in total. The first-order valence-electron chi connectivity index (χ1n) is 5.10. The van der Waals surface area contributed by atoms with Crippen molar-refractivity contribution in [2.45, 2.75) is 19.0 Å². The predicted octanol–water partition coefficient (Wildman–Crippen LogP) is 0.225. The van der Waals surface area contributed by atoms with Gasteiger partial charge < -0.3 is 10.6 Å². The quantitative estimate of drug-likeness (QED) is 0.842. The van der Waals surface area contributed by atoms with Gasteiger partial charge in [0.1, 0.15) is 0 Å². The van der Waals surface area contributed by atoms with Crippen molar-refractivity contribution in [3.05, 3.63) is 11.1 Å². The fourth-order valence-electron chi connectivity index (χ4n) is 1.79. The molecule has 0 amide bonds. The molecule has 7 heteroatoms. The summed E-state index contributed by atoms with van der Waals surface area (Å²) in [5.74, 6) is 0.526. The zero-order valence-electron chi connectivity index (χ0n) is 9.09. The maximum atomic E-state index is 11.4. The maximum Gasteiger partial charge on any atom is 0.185 e. The van der Waals surface area contributed by atoms with Gasteiger partial charge in [0, 0.05) is 30.7 Å². The van der Waals surface area contributed by atoms with E-state index in [1.165, 1.54) is 11.3 Å². The van der Waals surface area contributed by atoms with Crippen LogP contribution in [0, 0.1) is 0 Å². The molecule has 1 unspecified atom stereocenters. The summed E-state index contributed by atoms with van der Waals surface area (Å²) in [6, 6.07) is 0.0572. The Morgan fingerprint density at radius 1 is 1.69 bits per heavy atom. The summed E-state index contributed by atoms with van der Waals surface area (Å²) in [5, 5.41) is 0.850. The molecule has 1 aromatic rings. The van der Waals surface area contributed by atoms with Crippen LogP contribution in [0.1, 0.15) is 11.3 Å². The highest BCUT2D eigenvalue weighted by Gasteiger charge is 2.31. The normalized spacial score (nSPS) is 23.5. The monoisotopic (exact) mass is 261 g/mol. The van der Waals surface area contributed by atoms with Crippen molar-refractivity contribution in [2.24, 2.45) is 5.73 Å². The summed E-state index contributed by atoms with van der Waals surface area (Å²) >= 11 is 1.52. The maximum absolute atomic E-state index is 11.4. The minimum atomic E-state index is -2.84. The van der Waals surface area contributed by atoms with Crippen LogP contribution in [0.3, 0.4) is 0 Å². The summed E-state index contributed by atoms with van der Waals surface area (Å²) in [7, 11) is -0.943. The van der Waals surface area contributed by atoms with Crippen molar-refractivity contribution in [3.8, 4) is 0 Å². The van der Waals surface area contributed by atoms with E-state index >= 15 is 0 Å². The van der Waals surface area contributed by atoms with Crippen LogP contribution in [0.25, 0.3) is 0 Å². The van der Waals surface area contributed by atoms with E-state index in [9.17, 15) is 8.42 Å². The summed E-state index contributed by atoms with van der Waals surface area (Å²) in [5.41, 5.74) is 5.52. The zero-order valence-corrected chi connectivity index (χ0v) is 10.7. The highest BCUT2D eigenvalue weighted by Crippen LogP contribution is 2.26. The van der Waals surface area contributed by atoms with Gasteiger partial charge in [-0.1, -0.05) is 0 Å². The van der Waals surface area contributed by atoms with E-state index in [2.05, 4.69) is 4.98 Å². The first-order chi connectivity index (χ1) is 7.52. The molecule has 2 heterocycles. The van der Waals surface area contributed by atoms with E-state index < -0.39 is 9.84 Å². The molecule has 1 aliphatic heterocycles. The fourth-order valence-corrected chi connectivity index (χ4v) is 4.39. The number of sulfone groups is 1. The SMILES string of the molecule is CN(c1ncc(CN)s1)C1CCS(=O)(=O)C1. The number of thiazole rings is 1. The number of nitrogens with two attached hydrogens (primary N) is 1. The van der Waals surface area contributed by atoms with Gasteiger partial charge in [0.25, 0.3) is 0 Å². The molecule has 16 heavy (non-hydrogen) atoms. The Hall–Kier alpha value is -0.660. The molecule has 1 aliphatic rings. The second-order valence-corrected chi connectivity index (χ2v) is 7.30. The third-order valence-electron chi connectivity index (χ3n) is 2.80. The van der Waals surface area contributed by atoms with Gasteiger partial charge in [-0.25, -0.2) is 13.4 Å². The Bertz CT molecular complexity index is 469. The number of hydrogen-bond acceptors (Lipinski definition) is 6. The van der Waals surface area contributed by atoms with Gasteiger partial charge in [-0.15, -0.1) is 11.3 Å². The standard InChI is InChI=1S/C9H15N3O2S2/c1-12(7-2-3-16(13,14)6-7)9-11-5-8(4-10)15-9/h5,7H,2-4,6,10H2,1H3. The number of nitrogens with zero attached hydrogens (tertiary/aromatic N) is 2. The molecule has 0 saturated carbocycles. The molecular weight excluding hydrogens is 246 g/mol. The van der Waals surface area contributed by atoms with Gasteiger partial charge in [-0.05, 0) is 6.42 Å². The lowest BCUT2D eigenvalue weighted by Crippen LogP contribution is -2.32. The van der Waals surface area contributed by atoms with E-state index in [1.54, 1.807) is 6.20 Å². The summed E-state index contributed by atoms with van der Waals surface area (Å²) in [6.45, 7) is 0.481. The predicted molar refractivity (Wildman–Crippen MR) is 65.5 cm³/mol. The van der Waals surface area contributed by atoms with E-state index in [-0.39, 0.29) is 17.5 Å². The molecule has 1 fully saturated rings. The average molecular weight is 261 g/mol. The van der Waals surface area contributed by atoms with Crippen LogP contribution < -0.4 is 10.6 Å². The molecule has 5 nitrogen and oxygen atoms in total. The largest absolute Gasteiger partial charge is 0.347 e. The summed E-state index contributed by atoms with van der Waals surface area (Å²) in [4.78, 5) is 7.22. The van der Waals surface area contributed by atoms with Crippen LogP contribution >= 0.6 is 11.3 Å². The topological polar surface area (TPSA) is 76.3 Å². The molecule has 90 valence electrons. The van der Waals surface area contributed by atoms with Crippen LogP contribution in [-0.2, 0) is 16.4 Å². The van der Waals surface area contributed by atoms with Gasteiger partial charge in [-0.2, -0.15) is 0 Å². The Labute approximate surface area is 99.2 Å². The Balaban J connectivity index is 2.11. The first-order valence-corrected chi connectivity index (χ1v) is 7.73. The molecular formula is C9H15N3O2S2. The number of hydrogen-bond donors (Lipinski definition) is 1. The van der Waals surface area contributed by atoms with Gasteiger partial charge >= 0.3 is 0 Å². The molecule has 0 bridgehead atoms. The lowest BCUT2D eigenvalue weighted by atomic mass is 10.2. The highest BCUT2D eigenvalue weighted by molar-refractivity contribution is 7.91. The molecule has 1 saturated heterocycles. The first kappa shape index (κ1) is 11.8. The van der Waals surface area contributed by atoms with Crippen molar-refractivity contribution in [1.82, 2.24) is 4.98 Å². The minimum Gasteiger partial charge on any atom is -0.347 e. The molecule has 1 aromatic heterocycles. The number of rotatable bonds is 3. The third-order valence-corrected chi connectivity index (χ3v) is 5.66. The van der Waals surface area contributed by atoms with E-state index in [1.807, 2.05) is 11.9 Å². The van der Waals surface area contributed by atoms with Crippen LogP contribution in [-0.4, -0.2) is 38.0 Å². The third kappa shape index (κ3) is 2.36. The minimum absolute atomic E-state index is 0.0572. The summed E-state index contributed by atoms with van der Waals surface area (Å²) < 4.78 is 22.7. The molecule has 0 radical (unpaired) electrons. The molecule has 0 aromatic carbocycles. The van der Waals surface area contributed by atoms with Crippen LogP contribution in [0.4, 0.5) is 5.13 Å². The zero-order chi connectivity index (χ0) is 11.8. The lowest BCUT2D eigenvalue weighted by molar-refractivity contribution is 0.601. The second-order valence-electron chi connectivity index (χ2n) is 3.98. The Morgan fingerprint density at radius 2 is 2.44 bits per heavy atom. The Kier molecular flexibility index (Phi) is 3.18. The van der Waals surface area contributed by atoms with Crippen molar-refractivity contribution < 1.29 is 8.42 Å². The molecule has 0 spiro atoms. The van der Waals surface area contributed by atoms with Crippen molar-refractivity contribution in [1.29, 1.82) is 0 Å². The molecule has 1 atom stereocenters. The number of anilines is 1. The van der Waals surface area contributed by atoms with E-state index in [0.29, 0.717) is 13.0 Å². The van der Waals surface area contributed by atoms with Crippen LogP contribution in [0.15, 0.2) is 6.20 Å². The van der Waals surface area contributed by atoms with E-state index in [0.717, 1.165) is 10.0 Å². The Morgan fingerprint density at radius 3 is 2.94 bits per heavy atom. The van der Waals surface area contributed by atoms with Gasteiger partial charge in [0.2, 0.25) is 0 Å². The molecule has 2 rings (SSSR count). The van der Waals surface area contributed by atoms with Gasteiger partial charge in [-0.3, -0.25) is 0 Å².